The number of hydrogen-bond acceptors (Lipinski definition) is 6. The average molecular weight is 406 g/mol. The SMILES string of the molecule is C.CN1CCC(CC(=O)c2ccnc(NCc3ccc4c(N)nccc4c3)c2)CC1. The molecule has 1 fully saturated rings. The summed E-state index contributed by atoms with van der Waals surface area (Å²) in [4.78, 5) is 23.5. The van der Waals surface area contributed by atoms with Crippen molar-refractivity contribution in [3.05, 3.63) is 59.9 Å². The predicted molar refractivity (Wildman–Crippen MR) is 124 cm³/mol. The second-order valence-electron chi connectivity index (χ2n) is 7.91. The van der Waals surface area contributed by atoms with Gasteiger partial charge < -0.3 is 16.0 Å². The molecular formula is C24H31N5O. The van der Waals surface area contributed by atoms with E-state index in [0.717, 1.165) is 47.8 Å². The number of rotatable bonds is 6. The highest BCUT2D eigenvalue weighted by molar-refractivity contribution is 5.96. The summed E-state index contributed by atoms with van der Waals surface area (Å²) in [5, 5.41) is 5.34. The number of nitrogens with zero attached hydrogens (tertiary/aromatic N) is 3. The number of pyridine rings is 2. The minimum Gasteiger partial charge on any atom is -0.383 e. The zero-order valence-corrected chi connectivity index (χ0v) is 16.8. The van der Waals surface area contributed by atoms with E-state index in [9.17, 15) is 4.79 Å². The Morgan fingerprint density at radius 1 is 1.13 bits per heavy atom. The largest absolute Gasteiger partial charge is 0.383 e. The van der Waals surface area contributed by atoms with Gasteiger partial charge in [-0.05, 0) is 74.1 Å². The van der Waals surface area contributed by atoms with Crippen LogP contribution in [0.25, 0.3) is 10.8 Å². The average Bonchev–Trinajstić information content (AvgIpc) is 2.74. The molecule has 158 valence electrons. The van der Waals surface area contributed by atoms with Gasteiger partial charge >= 0.3 is 0 Å². The van der Waals surface area contributed by atoms with Crippen LogP contribution in [0.4, 0.5) is 11.6 Å². The lowest BCUT2D eigenvalue weighted by Crippen LogP contribution is -2.31. The van der Waals surface area contributed by atoms with Crippen molar-refractivity contribution in [3.8, 4) is 0 Å². The lowest BCUT2D eigenvalue weighted by Gasteiger charge is -2.28. The van der Waals surface area contributed by atoms with Crippen molar-refractivity contribution in [2.24, 2.45) is 5.92 Å². The van der Waals surface area contributed by atoms with E-state index in [-0.39, 0.29) is 13.2 Å². The van der Waals surface area contributed by atoms with E-state index in [0.29, 0.717) is 30.5 Å². The van der Waals surface area contributed by atoms with Crippen LogP contribution >= 0.6 is 0 Å². The monoisotopic (exact) mass is 405 g/mol. The summed E-state index contributed by atoms with van der Waals surface area (Å²) in [7, 11) is 2.14. The summed E-state index contributed by atoms with van der Waals surface area (Å²) in [6, 6.07) is 11.7. The maximum atomic E-state index is 12.7. The molecule has 6 nitrogen and oxygen atoms in total. The first-order chi connectivity index (χ1) is 14.1. The molecule has 1 aliphatic rings. The maximum Gasteiger partial charge on any atom is 0.163 e. The van der Waals surface area contributed by atoms with Crippen LogP contribution in [-0.2, 0) is 6.54 Å². The Morgan fingerprint density at radius 3 is 2.70 bits per heavy atom. The number of ketones is 1. The van der Waals surface area contributed by atoms with E-state index in [2.05, 4.69) is 33.3 Å². The number of carbonyl (C=O) groups excluding carboxylic acids is 1. The van der Waals surface area contributed by atoms with Gasteiger partial charge in [0.15, 0.2) is 5.78 Å². The van der Waals surface area contributed by atoms with E-state index in [1.165, 1.54) is 0 Å². The van der Waals surface area contributed by atoms with Crippen LogP contribution in [0.15, 0.2) is 48.8 Å². The molecule has 4 rings (SSSR count). The molecule has 0 radical (unpaired) electrons. The number of anilines is 2. The number of nitrogens with two attached hydrogens (primary N) is 1. The minimum atomic E-state index is 0. The highest BCUT2D eigenvalue weighted by Gasteiger charge is 2.20. The van der Waals surface area contributed by atoms with Crippen molar-refractivity contribution in [1.29, 1.82) is 0 Å². The maximum absolute atomic E-state index is 12.7. The number of aromatic nitrogens is 2. The van der Waals surface area contributed by atoms with Gasteiger partial charge in [-0.1, -0.05) is 19.6 Å². The molecule has 0 spiro atoms. The Bertz CT molecular complexity index is 1010. The van der Waals surface area contributed by atoms with Crippen LogP contribution < -0.4 is 11.1 Å². The molecule has 1 aromatic carbocycles. The van der Waals surface area contributed by atoms with Crippen LogP contribution in [0.2, 0.25) is 0 Å². The van der Waals surface area contributed by atoms with Crippen LogP contribution in [0.1, 0.15) is 42.6 Å². The molecule has 0 saturated carbocycles. The van der Waals surface area contributed by atoms with Crippen LogP contribution in [-0.4, -0.2) is 40.8 Å². The molecule has 0 bridgehead atoms. The van der Waals surface area contributed by atoms with Crippen molar-refractivity contribution in [2.45, 2.75) is 33.2 Å². The number of fused-ring (bicyclic) bond motifs is 1. The van der Waals surface area contributed by atoms with Crippen LogP contribution in [0.5, 0.6) is 0 Å². The molecule has 0 aliphatic carbocycles. The van der Waals surface area contributed by atoms with E-state index in [1.807, 2.05) is 30.3 Å². The Morgan fingerprint density at radius 2 is 1.90 bits per heavy atom. The summed E-state index contributed by atoms with van der Waals surface area (Å²) in [6.45, 7) is 2.78. The normalized spacial score (nSPS) is 15.0. The van der Waals surface area contributed by atoms with Gasteiger partial charge in [0.1, 0.15) is 11.6 Å². The number of likely N-dealkylation sites (tertiary alicyclic amines) is 1. The Hall–Kier alpha value is -2.99. The number of piperidine rings is 1. The van der Waals surface area contributed by atoms with E-state index in [4.69, 9.17) is 5.73 Å². The molecule has 0 atom stereocenters. The third-order valence-corrected chi connectivity index (χ3v) is 5.73. The smallest absolute Gasteiger partial charge is 0.163 e. The fourth-order valence-electron chi connectivity index (χ4n) is 3.90. The number of hydrogen-bond donors (Lipinski definition) is 2. The zero-order chi connectivity index (χ0) is 20.2. The lowest BCUT2D eigenvalue weighted by atomic mass is 9.90. The number of benzene rings is 1. The lowest BCUT2D eigenvalue weighted by molar-refractivity contribution is 0.0936. The molecule has 0 unspecified atom stereocenters. The van der Waals surface area contributed by atoms with Crippen molar-refractivity contribution in [1.82, 2.24) is 14.9 Å². The number of nitrogen functional groups attached to an aromatic ring is 1. The Kier molecular flexibility index (Phi) is 7.00. The van der Waals surface area contributed by atoms with E-state index < -0.39 is 0 Å². The zero-order valence-electron chi connectivity index (χ0n) is 16.8. The summed E-state index contributed by atoms with van der Waals surface area (Å²) in [5.41, 5.74) is 7.77. The second kappa shape index (κ2) is 9.67. The van der Waals surface area contributed by atoms with Gasteiger partial charge in [0, 0.05) is 36.3 Å². The first-order valence-electron chi connectivity index (χ1n) is 10.1. The molecule has 1 saturated heterocycles. The molecule has 1 aliphatic heterocycles. The highest BCUT2D eigenvalue weighted by Crippen LogP contribution is 2.23. The molecule has 30 heavy (non-hydrogen) atoms. The fourth-order valence-corrected chi connectivity index (χ4v) is 3.90. The van der Waals surface area contributed by atoms with Crippen molar-refractivity contribution >= 4 is 28.2 Å². The van der Waals surface area contributed by atoms with Gasteiger partial charge in [0.25, 0.3) is 0 Å². The quantitative estimate of drug-likeness (QED) is 0.592. The summed E-state index contributed by atoms with van der Waals surface area (Å²) in [5.74, 6) is 1.95. The molecular weight excluding hydrogens is 374 g/mol. The van der Waals surface area contributed by atoms with Crippen LogP contribution in [0.3, 0.4) is 0 Å². The summed E-state index contributed by atoms with van der Waals surface area (Å²) < 4.78 is 0. The molecule has 0 amide bonds. The minimum absolute atomic E-state index is 0. The number of nitrogens with one attached hydrogen (secondary N) is 1. The van der Waals surface area contributed by atoms with Gasteiger partial charge in [0.05, 0.1) is 0 Å². The topological polar surface area (TPSA) is 84.1 Å². The molecule has 3 aromatic rings. The van der Waals surface area contributed by atoms with E-state index >= 15 is 0 Å². The number of carbonyl (C=O) groups is 1. The van der Waals surface area contributed by atoms with Gasteiger partial charge in [0.2, 0.25) is 0 Å². The summed E-state index contributed by atoms with van der Waals surface area (Å²) in [6.07, 6.45) is 6.24. The molecule has 3 heterocycles. The first kappa shape index (κ1) is 21.7. The van der Waals surface area contributed by atoms with Crippen molar-refractivity contribution in [3.63, 3.8) is 0 Å². The highest BCUT2D eigenvalue weighted by atomic mass is 16.1. The van der Waals surface area contributed by atoms with Crippen molar-refractivity contribution < 1.29 is 4.79 Å². The Balaban J connectivity index is 0.00000256. The molecule has 2 aromatic heterocycles. The Labute approximate surface area is 178 Å². The van der Waals surface area contributed by atoms with Gasteiger partial charge in [-0.3, -0.25) is 4.79 Å². The third-order valence-electron chi connectivity index (χ3n) is 5.73. The molecule has 3 N–H and O–H groups in total. The van der Waals surface area contributed by atoms with Crippen LogP contribution in [0, 0.1) is 5.92 Å². The van der Waals surface area contributed by atoms with Gasteiger partial charge in [-0.15, -0.1) is 0 Å². The first-order valence-corrected chi connectivity index (χ1v) is 10.1. The predicted octanol–water partition coefficient (Wildman–Crippen LogP) is 4.37. The van der Waals surface area contributed by atoms with E-state index in [1.54, 1.807) is 12.4 Å². The molecule has 6 heteroatoms. The van der Waals surface area contributed by atoms with Gasteiger partial charge in [-0.25, -0.2) is 9.97 Å². The standard InChI is InChI=1S/C23H27N5O.CH4/c1-28-10-6-16(7-11-28)13-21(29)19-5-8-25-22(14-19)27-15-17-2-3-20-18(12-17)4-9-26-23(20)24;/h2-5,8-9,12,14,16H,6-7,10-11,13,15H2,1H3,(H2,24,26)(H,25,27);1H4. The summed E-state index contributed by atoms with van der Waals surface area (Å²) >= 11 is 0. The second-order valence-corrected chi connectivity index (χ2v) is 7.91. The fraction of sp³-hybridized carbons (Fsp3) is 0.375. The van der Waals surface area contributed by atoms with Crippen molar-refractivity contribution in [2.75, 3.05) is 31.2 Å². The van der Waals surface area contributed by atoms with Gasteiger partial charge in [-0.2, -0.15) is 0 Å². The number of Topliss-reactive ketones (excluding diaryl/α,β-unsaturated/α-hetero) is 1. The third kappa shape index (κ3) is 5.13.